The first-order valence-corrected chi connectivity index (χ1v) is 6.28. The molecule has 0 aliphatic carbocycles. The van der Waals surface area contributed by atoms with Crippen LogP contribution in [0.15, 0.2) is 18.2 Å². The average molecular weight is 263 g/mol. The molecule has 102 valence electrons. The second kappa shape index (κ2) is 5.36. The number of benzene rings is 1. The van der Waals surface area contributed by atoms with E-state index in [1.54, 1.807) is 24.0 Å². The normalized spacial score (nSPS) is 19.3. The third-order valence-electron chi connectivity index (χ3n) is 3.42. The number of nitrogens with zero attached hydrogens (tertiary/aromatic N) is 2. The van der Waals surface area contributed by atoms with Crippen LogP contribution in [-0.4, -0.2) is 41.4 Å². The molecule has 0 aromatic heterocycles. The highest BCUT2D eigenvalue weighted by atomic mass is 16.6. The molecule has 0 spiro atoms. The third kappa shape index (κ3) is 2.58. The van der Waals surface area contributed by atoms with Crippen LogP contribution in [0, 0.1) is 17.0 Å². The van der Waals surface area contributed by atoms with Gasteiger partial charge in [0.05, 0.1) is 4.92 Å². The smallest absolute Gasteiger partial charge is 0.282 e. The zero-order chi connectivity index (χ0) is 14.0. The summed E-state index contributed by atoms with van der Waals surface area (Å²) in [7, 11) is 0. The second-order valence-electron chi connectivity index (χ2n) is 4.78. The number of hydrogen-bond acceptors (Lipinski definition) is 4. The Kier molecular flexibility index (Phi) is 3.80. The van der Waals surface area contributed by atoms with Crippen LogP contribution in [0.25, 0.3) is 0 Å². The summed E-state index contributed by atoms with van der Waals surface area (Å²) in [5.74, 6) is -0.251. The van der Waals surface area contributed by atoms with Gasteiger partial charge in [0.15, 0.2) is 0 Å². The molecule has 1 amide bonds. The van der Waals surface area contributed by atoms with E-state index in [9.17, 15) is 14.9 Å². The van der Waals surface area contributed by atoms with Gasteiger partial charge in [0.25, 0.3) is 11.6 Å². The number of nitro groups is 1. The van der Waals surface area contributed by atoms with Gasteiger partial charge >= 0.3 is 0 Å². The molecule has 0 saturated carbocycles. The Balaban J connectivity index is 2.40. The van der Waals surface area contributed by atoms with Crippen molar-refractivity contribution in [2.24, 2.45) is 0 Å². The predicted octanol–water partition coefficient (Wildman–Crippen LogP) is 1.34. The minimum absolute atomic E-state index is 0.0421. The van der Waals surface area contributed by atoms with Crippen molar-refractivity contribution in [1.29, 1.82) is 0 Å². The van der Waals surface area contributed by atoms with E-state index < -0.39 is 4.92 Å². The maximum absolute atomic E-state index is 12.5. The standard InChI is InChI=1S/C13H17N3O3/c1-9-4-3-5-11(16(18)19)12(9)13(17)15-7-6-14-8-10(15)2/h3-5,10,14H,6-8H2,1-2H3/t10-/m0/s1. The number of amides is 1. The van der Waals surface area contributed by atoms with Gasteiger partial charge in [-0.2, -0.15) is 0 Å². The van der Waals surface area contributed by atoms with E-state index in [1.807, 2.05) is 6.92 Å². The van der Waals surface area contributed by atoms with Crippen LogP contribution in [-0.2, 0) is 0 Å². The van der Waals surface area contributed by atoms with Crippen molar-refractivity contribution in [2.75, 3.05) is 19.6 Å². The SMILES string of the molecule is Cc1cccc([N+](=O)[O-])c1C(=O)N1CCNC[C@@H]1C. The molecule has 1 aliphatic heterocycles. The first-order valence-electron chi connectivity index (χ1n) is 6.28. The molecule has 1 heterocycles. The van der Waals surface area contributed by atoms with Crippen LogP contribution in [0.1, 0.15) is 22.8 Å². The largest absolute Gasteiger partial charge is 0.333 e. The van der Waals surface area contributed by atoms with Gasteiger partial charge in [-0.25, -0.2) is 0 Å². The fourth-order valence-electron chi connectivity index (χ4n) is 2.37. The first kappa shape index (κ1) is 13.5. The van der Waals surface area contributed by atoms with Crippen molar-refractivity contribution in [1.82, 2.24) is 10.2 Å². The second-order valence-corrected chi connectivity index (χ2v) is 4.78. The minimum Gasteiger partial charge on any atom is -0.333 e. The highest BCUT2D eigenvalue weighted by Crippen LogP contribution is 2.24. The molecule has 0 bridgehead atoms. The van der Waals surface area contributed by atoms with Crippen molar-refractivity contribution >= 4 is 11.6 Å². The van der Waals surface area contributed by atoms with E-state index in [4.69, 9.17) is 0 Å². The molecule has 1 aromatic rings. The molecule has 6 heteroatoms. The molecular weight excluding hydrogens is 246 g/mol. The lowest BCUT2D eigenvalue weighted by Crippen LogP contribution is -2.52. The van der Waals surface area contributed by atoms with Crippen molar-refractivity contribution in [3.05, 3.63) is 39.4 Å². The lowest BCUT2D eigenvalue weighted by molar-refractivity contribution is -0.385. The minimum atomic E-state index is -0.493. The molecule has 6 nitrogen and oxygen atoms in total. The summed E-state index contributed by atoms with van der Waals surface area (Å²) in [5.41, 5.74) is 0.738. The van der Waals surface area contributed by atoms with Crippen LogP contribution < -0.4 is 5.32 Å². The number of aryl methyl sites for hydroxylation is 1. The van der Waals surface area contributed by atoms with Crippen molar-refractivity contribution in [2.45, 2.75) is 19.9 Å². The lowest BCUT2D eigenvalue weighted by atomic mass is 10.0. The maximum atomic E-state index is 12.5. The van der Waals surface area contributed by atoms with Crippen molar-refractivity contribution in [3.63, 3.8) is 0 Å². The van der Waals surface area contributed by atoms with Gasteiger partial charge in [-0.05, 0) is 19.4 Å². The Morgan fingerprint density at radius 1 is 1.53 bits per heavy atom. The fraction of sp³-hybridized carbons (Fsp3) is 0.462. The lowest BCUT2D eigenvalue weighted by Gasteiger charge is -2.34. The summed E-state index contributed by atoms with van der Waals surface area (Å²) in [6.45, 7) is 5.67. The molecule has 1 N–H and O–H groups in total. The Hall–Kier alpha value is -1.95. The monoisotopic (exact) mass is 263 g/mol. The van der Waals surface area contributed by atoms with Crippen LogP contribution >= 0.6 is 0 Å². The van der Waals surface area contributed by atoms with Crippen LogP contribution in [0.5, 0.6) is 0 Å². The number of hydrogen-bond donors (Lipinski definition) is 1. The van der Waals surface area contributed by atoms with E-state index in [-0.39, 0.29) is 23.2 Å². The highest BCUT2D eigenvalue weighted by Gasteiger charge is 2.30. The summed E-state index contributed by atoms with van der Waals surface area (Å²) < 4.78 is 0. The number of piperazine rings is 1. The first-order chi connectivity index (χ1) is 9.02. The maximum Gasteiger partial charge on any atom is 0.282 e. The Morgan fingerprint density at radius 3 is 2.89 bits per heavy atom. The number of rotatable bonds is 2. The molecule has 1 atom stereocenters. The number of nitro benzene ring substituents is 1. The molecule has 0 radical (unpaired) electrons. The number of nitrogens with one attached hydrogen (secondary N) is 1. The molecule has 2 rings (SSSR count). The molecule has 1 fully saturated rings. The van der Waals surface area contributed by atoms with Gasteiger partial charge in [0.1, 0.15) is 5.56 Å². The Morgan fingerprint density at radius 2 is 2.26 bits per heavy atom. The van der Waals surface area contributed by atoms with Gasteiger partial charge in [-0.1, -0.05) is 12.1 Å². The summed E-state index contributed by atoms with van der Waals surface area (Å²) >= 11 is 0. The van der Waals surface area contributed by atoms with Crippen molar-refractivity contribution in [3.8, 4) is 0 Å². The fourth-order valence-corrected chi connectivity index (χ4v) is 2.37. The summed E-state index contributed by atoms with van der Waals surface area (Å²) in [5, 5.41) is 14.3. The van der Waals surface area contributed by atoms with E-state index in [0.717, 1.165) is 6.54 Å². The summed E-state index contributed by atoms with van der Waals surface area (Å²) in [6.07, 6.45) is 0. The van der Waals surface area contributed by atoms with Gasteiger partial charge < -0.3 is 10.2 Å². The van der Waals surface area contributed by atoms with E-state index in [2.05, 4.69) is 5.32 Å². The summed E-state index contributed by atoms with van der Waals surface area (Å²) in [4.78, 5) is 24.8. The van der Waals surface area contributed by atoms with Gasteiger partial charge in [-0.15, -0.1) is 0 Å². The molecule has 0 unspecified atom stereocenters. The third-order valence-corrected chi connectivity index (χ3v) is 3.42. The van der Waals surface area contributed by atoms with E-state index >= 15 is 0 Å². The Bertz CT molecular complexity index is 516. The highest BCUT2D eigenvalue weighted by molar-refractivity contribution is 5.99. The Labute approximate surface area is 111 Å². The van der Waals surface area contributed by atoms with Gasteiger partial charge in [0.2, 0.25) is 0 Å². The van der Waals surface area contributed by atoms with Crippen LogP contribution in [0.4, 0.5) is 5.69 Å². The molecule has 1 aliphatic rings. The zero-order valence-electron chi connectivity index (χ0n) is 11.0. The quantitative estimate of drug-likeness (QED) is 0.645. The predicted molar refractivity (Wildman–Crippen MR) is 71.2 cm³/mol. The number of carbonyl (C=O) groups excluding carboxylic acids is 1. The molecule has 19 heavy (non-hydrogen) atoms. The van der Waals surface area contributed by atoms with Gasteiger partial charge in [0, 0.05) is 31.7 Å². The van der Waals surface area contributed by atoms with Crippen molar-refractivity contribution < 1.29 is 9.72 Å². The molecule has 1 saturated heterocycles. The van der Waals surface area contributed by atoms with Crippen LogP contribution in [0.3, 0.4) is 0 Å². The average Bonchev–Trinajstić information content (AvgIpc) is 2.38. The topological polar surface area (TPSA) is 75.5 Å². The summed E-state index contributed by atoms with van der Waals surface area (Å²) in [6, 6.07) is 4.76. The number of carbonyl (C=O) groups is 1. The van der Waals surface area contributed by atoms with Gasteiger partial charge in [-0.3, -0.25) is 14.9 Å². The molecule has 1 aromatic carbocycles. The van der Waals surface area contributed by atoms with Crippen LogP contribution in [0.2, 0.25) is 0 Å². The molecular formula is C13H17N3O3. The van der Waals surface area contributed by atoms with E-state index in [1.165, 1.54) is 6.07 Å². The van der Waals surface area contributed by atoms with E-state index in [0.29, 0.717) is 18.7 Å². The zero-order valence-corrected chi connectivity index (χ0v) is 11.0.